The van der Waals surface area contributed by atoms with Gasteiger partial charge in [0.05, 0.1) is 3.79 Å². The molecule has 1 aromatic rings. The van der Waals surface area contributed by atoms with Crippen molar-refractivity contribution < 1.29 is 0 Å². The number of thiophene rings is 1. The molecule has 0 aliphatic heterocycles. The lowest BCUT2D eigenvalue weighted by Gasteiger charge is -2.44. The monoisotopic (exact) mass is 357 g/mol. The first kappa shape index (κ1) is 16.5. The molecule has 1 saturated carbocycles. The van der Waals surface area contributed by atoms with Crippen LogP contribution in [0.2, 0.25) is 0 Å². The van der Waals surface area contributed by atoms with E-state index in [2.05, 4.69) is 55.0 Å². The highest BCUT2D eigenvalue weighted by molar-refractivity contribution is 9.11. The third-order valence-electron chi connectivity index (χ3n) is 4.87. The van der Waals surface area contributed by atoms with Crippen molar-refractivity contribution in [2.75, 3.05) is 6.54 Å². The molecule has 0 saturated heterocycles. The maximum atomic E-state index is 3.85. The van der Waals surface area contributed by atoms with Crippen molar-refractivity contribution >= 4 is 27.3 Å². The molecule has 0 spiro atoms. The molecule has 1 heterocycles. The van der Waals surface area contributed by atoms with Crippen LogP contribution in [0.1, 0.15) is 69.4 Å². The molecule has 0 radical (unpaired) electrons. The van der Waals surface area contributed by atoms with Gasteiger partial charge in [0.1, 0.15) is 0 Å². The third kappa shape index (κ3) is 3.66. The summed E-state index contributed by atoms with van der Waals surface area (Å²) in [6.07, 6.45) is 6.72. The van der Waals surface area contributed by atoms with Gasteiger partial charge in [0.2, 0.25) is 0 Å². The van der Waals surface area contributed by atoms with Gasteiger partial charge in [0, 0.05) is 10.9 Å². The molecule has 1 aliphatic carbocycles. The van der Waals surface area contributed by atoms with Crippen LogP contribution in [0, 0.1) is 18.3 Å². The van der Waals surface area contributed by atoms with Crippen LogP contribution >= 0.6 is 27.3 Å². The number of nitrogens with one attached hydrogen (secondary N) is 1. The van der Waals surface area contributed by atoms with Crippen LogP contribution in [0.15, 0.2) is 9.85 Å². The van der Waals surface area contributed by atoms with E-state index in [0.717, 1.165) is 12.5 Å². The molecular formula is C17H28BrNS. The van der Waals surface area contributed by atoms with Crippen LogP contribution in [0.3, 0.4) is 0 Å². The van der Waals surface area contributed by atoms with Crippen LogP contribution in [0.25, 0.3) is 0 Å². The summed E-state index contributed by atoms with van der Waals surface area (Å²) in [5.74, 6) is 0.753. The molecule has 1 fully saturated rings. The molecule has 114 valence electrons. The van der Waals surface area contributed by atoms with E-state index in [1.807, 2.05) is 11.3 Å². The lowest BCUT2D eigenvalue weighted by atomic mass is 9.65. The summed E-state index contributed by atoms with van der Waals surface area (Å²) < 4.78 is 1.27. The summed E-state index contributed by atoms with van der Waals surface area (Å²) in [6, 6.07) is 2.87. The zero-order valence-corrected chi connectivity index (χ0v) is 15.7. The van der Waals surface area contributed by atoms with Crippen molar-refractivity contribution in [2.24, 2.45) is 11.3 Å². The van der Waals surface area contributed by atoms with Crippen molar-refractivity contribution in [1.29, 1.82) is 0 Å². The minimum Gasteiger partial charge on any atom is -0.310 e. The van der Waals surface area contributed by atoms with Gasteiger partial charge in [0.25, 0.3) is 0 Å². The highest BCUT2D eigenvalue weighted by Crippen LogP contribution is 2.48. The zero-order chi connectivity index (χ0) is 14.8. The van der Waals surface area contributed by atoms with E-state index in [1.54, 1.807) is 0 Å². The highest BCUT2D eigenvalue weighted by atomic mass is 79.9. The topological polar surface area (TPSA) is 12.0 Å². The SMILES string of the molecule is CCCNC(c1cc(Br)sc1C)C1CCCCC1(C)C. The molecule has 0 amide bonds. The standard InChI is InChI=1S/C17H28BrNS/c1-5-10-19-16(13-11-15(18)20-12(13)2)14-8-6-7-9-17(14,3)4/h11,14,16,19H,5-10H2,1-4H3. The smallest absolute Gasteiger partial charge is 0.0704 e. The lowest BCUT2D eigenvalue weighted by molar-refractivity contribution is 0.0981. The van der Waals surface area contributed by atoms with Crippen molar-refractivity contribution in [1.82, 2.24) is 5.32 Å². The minimum atomic E-state index is 0.449. The van der Waals surface area contributed by atoms with Crippen molar-refractivity contribution in [3.63, 3.8) is 0 Å². The van der Waals surface area contributed by atoms with Crippen LogP contribution in [0.5, 0.6) is 0 Å². The highest BCUT2D eigenvalue weighted by Gasteiger charge is 2.38. The Morgan fingerprint density at radius 2 is 2.20 bits per heavy atom. The summed E-state index contributed by atoms with van der Waals surface area (Å²) in [5.41, 5.74) is 1.97. The Morgan fingerprint density at radius 3 is 2.75 bits per heavy atom. The second-order valence-corrected chi connectivity index (χ2v) is 9.47. The molecule has 0 bridgehead atoms. The number of hydrogen-bond acceptors (Lipinski definition) is 2. The number of rotatable bonds is 5. The largest absolute Gasteiger partial charge is 0.310 e. The average molecular weight is 358 g/mol. The first-order valence-electron chi connectivity index (χ1n) is 7.95. The Labute approximate surface area is 136 Å². The maximum Gasteiger partial charge on any atom is 0.0704 e. The van der Waals surface area contributed by atoms with Crippen LogP contribution in [-0.2, 0) is 0 Å². The van der Waals surface area contributed by atoms with Gasteiger partial charge in [-0.05, 0) is 71.6 Å². The summed E-state index contributed by atoms with van der Waals surface area (Å²) in [6.45, 7) is 10.6. The molecular weight excluding hydrogens is 330 g/mol. The number of aryl methyl sites for hydroxylation is 1. The van der Waals surface area contributed by atoms with Gasteiger partial charge in [-0.15, -0.1) is 11.3 Å². The Balaban J connectivity index is 2.29. The zero-order valence-electron chi connectivity index (χ0n) is 13.3. The van der Waals surface area contributed by atoms with Crippen molar-refractivity contribution in [3.05, 3.63) is 20.3 Å². The Hall–Kier alpha value is 0.140. The van der Waals surface area contributed by atoms with Crippen LogP contribution in [0.4, 0.5) is 0 Å². The molecule has 20 heavy (non-hydrogen) atoms. The van der Waals surface area contributed by atoms with E-state index >= 15 is 0 Å². The first-order valence-corrected chi connectivity index (χ1v) is 9.56. The number of hydrogen-bond donors (Lipinski definition) is 1. The second kappa shape index (κ2) is 6.93. The van der Waals surface area contributed by atoms with E-state index in [-0.39, 0.29) is 0 Å². The van der Waals surface area contributed by atoms with Gasteiger partial charge in [-0.25, -0.2) is 0 Å². The van der Waals surface area contributed by atoms with E-state index in [0.29, 0.717) is 11.5 Å². The Morgan fingerprint density at radius 1 is 1.45 bits per heavy atom. The molecule has 1 aliphatic rings. The summed E-state index contributed by atoms with van der Waals surface area (Å²) >= 11 is 5.53. The predicted molar refractivity (Wildman–Crippen MR) is 93.5 cm³/mol. The predicted octanol–water partition coefficient (Wildman–Crippen LogP) is 6.08. The van der Waals surface area contributed by atoms with E-state index in [1.165, 1.54) is 46.3 Å². The Bertz CT molecular complexity index is 438. The van der Waals surface area contributed by atoms with Gasteiger partial charge in [-0.3, -0.25) is 0 Å². The molecule has 2 atom stereocenters. The summed E-state index contributed by atoms with van der Waals surface area (Å²) in [7, 11) is 0. The summed E-state index contributed by atoms with van der Waals surface area (Å²) in [4.78, 5) is 1.46. The lowest BCUT2D eigenvalue weighted by Crippen LogP contribution is -2.39. The fourth-order valence-electron chi connectivity index (χ4n) is 3.67. The van der Waals surface area contributed by atoms with Crippen LogP contribution in [-0.4, -0.2) is 6.54 Å². The summed E-state index contributed by atoms with van der Waals surface area (Å²) in [5, 5.41) is 3.85. The molecule has 2 rings (SSSR count). The van der Waals surface area contributed by atoms with Gasteiger partial charge < -0.3 is 5.32 Å². The molecule has 2 unspecified atom stereocenters. The van der Waals surface area contributed by atoms with E-state index in [4.69, 9.17) is 0 Å². The second-order valence-electron chi connectivity index (χ2n) is 6.83. The molecule has 1 nitrogen and oxygen atoms in total. The van der Waals surface area contributed by atoms with Crippen molar-refractivity contribution in [3.8, 4) is 0 Å². The van der Waals surface area contributed by atoms with Gasteiger partial charge >= 0.3 is 0 Å². The average Bonchev–Trinajstić information content (AvgIpc) is 2.70. The van der Waals surface area contributed by atoms with Gasteiger partial charge in [-0.2, -0.15) is 0 Å². The molecule has 3 heteroatoms. The van der Waals surface area contributed by atoms with Crippen molar-refractivity contribution in [2.45, 2.75) is 65.8 Å². The van der Waals surface area contributed by atoms with Gasteiger partial charge in [-0.1, -0.05) is 33.6 Å². The Kier molecular flexibility index (Phi) is 5.72. The molecule has 0 aromatic carbocycles. The molecule has 1 N–H and O–H groups in total. The third-order valence-corrected chi connectivity index (χ3v) is 6.44. The maximum absolute atomic E-state index is 3.85. The van der Waals surface area contributed by atoms with Gasteiger partial charge in [0.15, 0.2) is 0 Å². The molecule has 1 aromatic heterocycles. The quantitative estimate of drug-likeness (QED) is 0.673. The van der Waals surface area contributed by atoms with E-state index in [9.17, 15) is 0 Å². The normalized spacial score (nSPS) is 23.8. The fraction of sp³-hybridized carbons (Fsp3) is 0.765. The minimum absolute atomic E-state index is 0.449. The van der Waals surface area contributed by atoms with E-state index < -0.39 is 0 Å². The van der Waals surface area contributed by atoms with Crippen LogP contribution < -0.4 is 5.32 Å². The first-order chi connectivity index (χ1) is 9.45. The fourth-order valence-corrected chi connectivity index (χ4v) is 5.43. The number of halogens is 1.